The van der Waals surface area contributed by atoms with Gasteiger partial charge in [0.2, 0.25) is 0 Å². The monoisotopic (exact) mass is 339 g/mol. The summed E-state index contributed by atoms with van der Waals surface area (Å²) in [6, 6.07) is 4.20. The predicted octanol–water partition coefficient (Wildman–Crippen LogP) is 2.64. The van der Waals surface area contributed by atoms with E-state index in [4.69, 9.17) is 9.84 Å². The van der Waals surface area contributed by atoms with Crippen LogP contribution >= 0.6 is 15.9 Å². The van der Waals surface area contributed by atoms with E-state index in [2.05, 4.69) is 25.9 Å². The molecule has 0 spiro atoms. The van der Waals surface area contributed by atoms with Crippen LogP contribution in [0.15, 0.2) is 35.1 Å². The summed E-state index contributed by atoms with van der Waals surface area (Å²) in [5.41, 5.74) is -0.368. The van der Waals surface area contributed by atoms with Crippen LogP contribution < -0.4 is 4.74 Å². The Morgan fingerprint density at radius 1 is 1.35 bits per heavy atom. The van der Waals surface area contributed by atoms with E-state index in [1.54, 1.807) is 6.07 Å². The molecule has 0 radical (unpaired) electrons. The predicted molar refractivity (Wildman–Crippen MR) is 69.9 cm³/mol. The van der Waals surface area contributed by atoms with Crippen LogP contribution in [-0.2, 0) is 0 Å². The number of nitro groups is 1. The highest BCUT2D eigenvalue weighted by Gasteiger charge is 2.14. The number of halogens is 1. The van der Waals surface area contributed by atoms with E-state index in [0.29, 0.717) is 4.47 Å². The van der Waals surface area contributed by atoms with Crippen LogP contribution in [-0.4, -0.2) is 26.0 Å². The Balaban J connectivity index is 2.30. The Labute approximate surface area is 120 Å². The molecule has 0 aliphatic heterocycles. The summed E-state index contributed by atoms with van der Waals surface area (Å²) >= 11 is 3.15. The average Bonchev–Trinajstić information content (AvgIpc) is 2.41. The normalized spacial score (nSPS) is 10.1. The van der Waals surface area contributed by atoms with Crippen molar-refractivity contribution in [1.82, 2.24) is 9.97 Å². The number of benzene rings is 1. The lowest BCUT2D eigenvalue weighted by Gasteiger charge is -2.06. The van der Waals surface area contributed by atoms with Crippen molar-refractivity contribution in [3.8, 4) is 11.8 Å². The molecule has 0 amide bonds. The van der Waals surface area contributed by atoms with Crippen LogP contribution in [0, 0.1) is 10.1 Å². The van der Waals surface area contributed by atoms with E-state index in [0.717, 1.165) is 12.4 Å². The number of hydrogen-bond acceptors (Lipinski definition) is 6. The minimum atomic E-state index is -1.18. The minimum absolute atomic E-state index is 0.0366. The molecule has 1 heterocycles. The third kappa shape index (κ3) is 3.06. The zero-order valence-electron chi connectivity index (χ0n) is 9.69. The SMILES string of the molecule is O=C(O)c1cc(Br)ccc1Oc1ncc([N+](=O)[O-])cn1. The first-order valence-electron chi connectivity index (χ1n) is 5.14. The number of hydrogen-bond donors (Lipinski definition) is 1. The summed E-state index contributed by atoms with van der Waals surface area (Å²) in [4.78, 5) is 28.2. The van der Waals surface area contributed by atoms with E-state index in [1.165, 1.54) is 12.1 Å². The number of carbonyl (C=O) groups is 1. The molecule has 0 bridgehead atoms. The zero-order valence-corrected chi connectivity index (χ0v) is 11.3. The van der Waals surface area contributed by atoms with Gasteiger partial charge in [-0.2, -0.15) is 9.97 Å². The lowest BCUT2D eigenvalue weighted by atomic mass is 10.2. The lowest BCUT2D eigenvalue weighted by Crippen LogP contribution is -2.01. The van der Waals surface area contributed by atoms with Gasteiger partial charge in [0.1, 0.15) is 23.7 Å². The van der Waals surface area contributed by atoms with Crippen LogP contribution in [0.2, 0.25) is 0 Å². The fourth-order valence-electron chi connectivity index (χ4n) is 1.31. The van der Waals surface area contributed by atoms with Crippen LogP contribution in [0.3, 0.4) is 0 Å². The van der Waals surface area contributed by atoms with Gasteiger partial charge < -0.3 is 9.84 Å². The van der Waals surface area contributed by atoms with E-state index in [1.807, 2.05) is 0 Å². The maximum atomic E-state index is 11.1. The summed E-state index contributed by atoms with van der Waals surface area (Å²) in [7, 11) is 0. The maximum Gasteiger partial charge on any atom is 0.339 e. The Morgan fingerprint density at radius 2 is 2.00 bits per heavy atom. The third-order valence-electron chi connectivity index (χ3n) is 2.20. The Kier molecular flexibility index (Phi) is 3.89. The highest BCUT2D eigenvalue weighted by Crippen LogP contribution is 2.26. The van der Waals surface area contributed by atoms with Crippen molar-refractivity contribution < 1.29 is 19.6 Å². The molecule has 20 heavy (non-hydrogen) atoms. The van der Waals surface area contributed by atoms with Gasteiger partial charge in [0.05, 0.1) is 4.92 Å². The number of carboxylic acids is 1. The molecule has 2 aromatic rings. The van der Waals surface area contributed by atoms with Gasteiger partial charge in [0.25, 0.3) is 0 Å². The van der Waals surface area contributed by atoms with E-state index < -0.39 is 10.9 Å². The molecule has 0 saturated carbocycles. The zero-order chi connectivity index (χ0) is 14.7. The van der Waals surface area contributed by atoms with E-state index in [9.17, 15) is 14.9 Å². The minimum Gasteiger partial charge on any atom is -0.478 e. The second-order valence-electron chi connectivity index (χ2n) is 3.53. The van der Waals surface area contributed by atoms with Gasteiger partial charge in [-0.3, -0.25) is 10.1 Å². The number of rotatable bonds is 4. The van der Waals surface area contributed by atoms with Crippen molar-refractivity contribution in [3.05, 3.63) is 50.7 Å². The van der Waals surface area contributed by atoms with Crippen molar-refractivity contribution in [2.45, 2.75) is 0 Å². The van der Waals surface area contributed by atoms with Crippen LogP contribution in [0.25, 0.3) is 0 Å². The maximum absolute atomic E-state index is 11.1. The Morgan fingerprint density at radius 3 is 2.55 bits per heavy atom. The molecule has 0 aliphatic rings. The lowest BCUT2D eigenvalue weighted by molar-refractivity contribution is -0.385. The first-order valence-corrected chi connectivity index (χ1v) is 5.94. The molecular weight excluding hydrogens is 334 g/mol. The molecule has 1 N–H and O–H groups in total. The van der Waals surface area contributed by atoms with Crippen molar-refractivity contribution >= 4 is 27.6 Å². The Hall–Kier alpha value is -2.55. The second-order valence-corrected chi connectivity index (χ2v) is 4.44. The molecule has 0 aliphatic carbocycles. The van der Waals surface area contributed by atoms with Gasteiger partial charge >= 0.3 is 17.7 Å². The first kappa shape index (κ1) is 13.9. The summed E-state index contributed by atoms with van der Waals surface area (Å²) < 4.78 is 5.79. The largest absolute Gasteiger partial charge is 0.478 e. The number of ether oxygens (including phenoxy) is 1. The molecule has 1 aromatic carbocycles. The van der Waals surface area contributed by atoms with Crippen molar-refractivity contribution in [2.75, 3.05) is 0 Å². The van der Waals surface area contributed by atoms with E-state index >= 15 is 0 Å². The fraction of sp³-hybridized carbons (Fsp3) is 0. The van der Waals surface area contributed by atoms with Gasteiger partial charge in [-0.1, -0.05) is 15.9 Å². The molecule has 2 rings (SSSR count). The third-order valence-corrected chi connectivity index (χ3v) is 2.69. The quantitative estimate of drug-likeness (QED) is 0.672. The first-order chi connectivity index (χ1) is 9.47. The fourth-order valence-corrected chi connectivity index (χ4v) is 1.67. The Bertz CT molecular complexity index is 674. The molecule has 0 fully saturated rings. The van der Waals surface area contributed by atoms with Gasteiger partial charge in [-0.15, -0.1) is 0 Å². The summed E-state index contributed by atoms with van der Waals surface area (Å²) in [5, 5.41) is 19.5. The van der Waals surface area contributed by atoms with Crippen LogP contribution in [0.1, 0.15) is 10.4 Å². The number of nitrogens with zero attached hydrogens (tertiary/aromatic N) is 3. The van der Waals surface area contributed by atoms with Crippen molar-refractivity contribution in [1.29, 1.82) is 0 Å². The van der Waals surface area contributed by atoms with Gasteiger partial charge in [-0.25, -0.2) is 4.79 Å². The molecule has 0 saturated heterocycles. The van der Waals surface area contributed by atoms with Crippen LogP contribution in [0.5, 0.6) is 11.8 Å². The van der Waals surface area contributed by atoms with Crippen LogP contribution in [0.4, 0.5) is 5.69 Å². The number of carboxylic acid groups (broad SMARTS) is 1. The van der Waals surface area contributed by atoms with Gasteiger partial charge in [-0.05, 0) is 18.2 Å². The molecular formula is C11H6BrN3O5. The highest BCUT2D eigenvalue weighted by molar-refractivity contribution is 9.10. The summed E-state index contributed by atoms with van der Waals surface area (Å²) in [6.07, 6.45) is 1.95. The molecule has 1 aromatic heterocycles. The van der Waals surface area contributed by atoms with Crippen molar-refractivity contribution in [3.63, 3.8) is 0 Å². The highest BCUT2D eigenvalue weighted by atomic mass is 79.9. The summed E-state index contributed by atoms with van der Waals surface area (Å²) in [5.74, 6) is -1.14. The van der Waals surface area contributed by atoms with E-state index in [-0.39, 0.29) is 23.0 Å². The van der Waals surface area contributed by atoms with Gasteiger partial charge in [0.15, 0.2) is 0 Å². The number of aromatic nitrogens is 2. The second kappa shape index (κ2) is 5.61. The van der Waals surface area contributed by atoms with Crippen molar-refractivity contribution in [2.24, 2.45) is 0 Å². The smallest absolute Gasteiger partial charge is 0.339 e. The molecule has 102 valence electrons. The van der Waals surface area contributed by atoms with Gasteiger partial charge in [0, 0.05) is 4.47 Å². The molecule has 8 nitrogen and oxygen atoms in total. The standard InChI is InChI=1S/C11H6BrN3O5/c12-6-1-2-9(8(3-6)10(16)17)20-11-13-4-7(5-14-11)15(18)19/h1-5H,(H,16,17). The average molecular weight is 340 g/mol. The molecule has 0 atom stereocenters. The molecule has 0 unspecified atom stereocenters. The molecule has 9 heteroatoms. The summed E-state index contributed by atoms with van der Waals surface area (Å²) in [6.45, 7) is 0. The topological polar surface area (TPSA) is 115 Å². The number of aromatic carboxylic acids is 1.